The zero-order valence-electron chi connectivity index (χ0n) is 8.02. The molecule has 2 aliphatic rings. The van der Waals surface area contributed by atoms with E-state index in [0.717, 1.165) is 25.8 Å². The van der Waals surface area contributed by atoms with Gasteiger partial charge in [0, 0.05) is 6.54 Å². The summed E-state index contributed by atoms with van der Waals surface area (Å²) in [6.45, 7) is 0.930. The van der Waals surface area contributed by atoms with Crippen molar-refractivity contribution >= 4 is 12.2 Å². The second-order valence-electron chi connectivity index (χ2n) is 3.84. The van der Waals surface area contributed by atoms with Crippen molar-refractivity contribution in [3.8, 4) is 6.07 Å². The van der Waals surface area contributed by atoms with Crippen LogP contribution in [0.15, 0.2) is 4.99 Å². The first-order chi connectivity index (χ1) is 6.83. The van der Waals surface area contributed by atoms with E-state index >= 15 is 0 Å². The minimum Gasteiger partial charge on any atom is -0.358 e. The standard InChI is InChI=1S/C10H13N3O/c11-6-8-9-4-2-1-3-5-13(9)7-12-10(8)14/h7-9H,1-5H2. The summed E-state index contributed by atoms with van der Waals surface area (Å²) < 4.78 is 0. The quantitative estimate of drug-likeness (QED) is 0.572. The molecule has 1 amide bonds. The van der Waals surface area contributed by atoms with Crippen LogP contribution < -0.4 is 0 Å². The lowest BCUT2D eigenvalue weighted by Crippen LogP contribution is -2.45. The van der Waals surface area contributed by atoms with Gasteiger partial charge < -0.3 is 4.90 Å². The van der Waals surface area contributed by atoms with Gasteiger partial charge in [0.1, 0.15) is 5.92 Å². The average molecular weight is 191 g/mol. The number of hydrogen-bond donors (Lipinski definition) is 0. The molecule has 14 heavy (non-hydrogen) atoms. The third-order valence-corrected chi connectivity index (χ3v) is 2.97. The number of nitriles is 1. The molecule has 0 radical (unpaired) electrons. The van der Waals surface area contributed by atoms with Crippen molar-refractivity contribution in [2.75, 3.05) is 6.54 Å². The second-order valence-corrected chi connectivity index (χ2v) is 3.84. The Hall–Kier alpha value is -1.37. The van der Waals surface area contributed by atoms with Gasteiger partial charge in [-0.15, -0.1) is 0 Å². The van der Waals surface area contributed by atoms with Gasteiger partial charge >= 0.3 is 0 Å². The summed E-state index contributed by atoms with van der Waals surface area (Å²) in [5, 5.41) is 8.92. The number of rotatable bonds is 0. The fourth-order valence-electron chi connectivity index (χ4n) is 2.17. The van der Waals surface area contributed by atoms with Crippen LogP contribution in [0.2, 0.25) is 0 Å². The number of nitrogens with zero attached hydrogens (tertiary/aromatic N) is 3. The number of fused-ring (bicyclic) bond motifs is 1. The van der Waals surface area contributed by atoms with Gasteiger partial charge in [-0.2, -0.15) is 5.26 Å². The predicted molar refractivity (Wildman–Crippen MR) is 51.6 cm³/mol. The number of carbonyl (C=O) groups is 1. The van der Waals surface area contributed by atoms with Crippen molar-refractivity contribution in [1.82, 2.24) is 4.90 Å². The molecule has 0 N–H and O–H groups in total. The van der Waals surface area contributed by atoms with Gasteiger partial charge in [0.15, 0.2) is 0 Å². The molecule has 4 nitrogen and oxygen atoms in total. The van der Waals surface area contributed by atoms with Crippen LogP contribution in [-0.2, 0) is 4.79 Å². The predicted octanol–water partition coefficient (Wildman–Crippen LogP) is 0.939. The van der Waals surface area contributed by atoms with E-state index < -0.39 is 5.92 Å². The van der Waals surface area contributed by atoms with Gasteiger partial charge in [-0.3, -0.25) is 4.79 Å². The van der Waals surface area contributed by atoms with E-state index in [-0.39, 0.29) is 11.9 Å². The Labute approximate surface area is 83.2 Å². The first kappa shape index (κ1) is 9.20. The largest absolute Gasteiger partial charge is 0.358 e. The molecule has 0 aromatic heterocycles. The highest BCUT2D eigenvalue weighted by Gasteiger charge is 2.35. The Morgan fingerprint density at radius 2 is 2.36 bits per heavy atom. The Kier molecular flexibility index (Phi) is 2.49. The van der Waals surface area contributed by atoms with Crippen LogP contribution >= 0.6 is 0 Å². The van der Waals surface area contributed by atoms with Crippen LogP contribution in [0.1, 0.15) is 25.7 Å². The lowest BCUT2D eigenvalue weighted by molar-refractivity contribution is -0.122. The third-order valence-electron chi connectivity index (χ3n) is 2.97. The summed E-state index contributed by atoms with van der Waals surface area (Å²) in [6.07, 6.45) is 5.99. The van der Waals surface area contributed by atoms with E-state index in [9.17, 15) is 4.79 Å². The van der Waals surface area contributed by atoms with Crippen LogP contribution in [0.5, 0.6) is 0 Å². The van der Waals surface area contributed by atoms with Crippen molar-refractivity contribution < 1.29 is 4.79 Å². The minimum atomic E-state index is -0.543. The van der Waals surface area contributed by atoms with Gasteiger partial charge in [0.05, 0.1) is 18.4 Å². The maximum Gasteiger partial charge on any atom is 0.266 e. The number of carbonyl (C=O) groups excluding carboxylic acids is 1. The van der Waals surface area contributed by atoms with Gasteiger partial charge in [0.2, 0.25) is 0 Å². The third kappa shape index (κ3) is 1.50. The summed E-state index contributed by atoms with van der Waals surface area (Å²) in [5.41, 5.74) is 0. The molecule has 0 spiro atoms. The van der Waals surface area contributed by atoms with E-state index in [0.29, 0.717) is 0 Å². The summed E-state index contributed by atoms with van der Waals surface area (Å²) in [4.78, 5) is 17.2. The second kappa shape index (κ2) is 3.79. The SMILES string of the molecule is N#CC1C(=O)N=CN2CCCCCC12. The molecule has 1 saturated heterocycles. The van der Waals surface area contributed by atoms with Crippen molar-refractivity contribution in [3.05, 3.63) is 0 Å². The van der Waals surface area contributed by atoms with Crippen molar-refractivity contribution in [2.45, 2.75) is 31.7 Å². The van der Waals surface area contributed by atoms with Crippen LogP contribution in [0.3, 0.4) is 0 Å². The Morgan fingerprint density at radius 1 is 1.50 bits per heavy atom. The molecule has 0 bridgehead atoms. The monoisotopic (exact) mass is 191 g/mol. The van der Waals surface area contributed by atoms with Crippen LogP contribution in [-0.4, -0.2) is 29.7 Å². The zero-order valence-corrected chi connectivity index (χ0v) is 8.02. The zero-order chi connectivity index (χ0) is 9.97. The van der Waals surface area contributed by atoms with E-state index in [1.165, 1.54) is 6.42 Å². The number of hydrogen-bond acceptors (Lipinski definition) is 3. The molecule has 2 atom stereocenters. The average Bonchev–Trinajstić information content (AvgIpc) is 2.42. The minimum absolute atomic E-state index is 0.0764. The molecule has 74 valence electrons. The molecule has 0 aromatic carbocycles. The first-order valence-corrected chi connectivity index (χ1v) is 5.06. The molecule has 0 aromatic rings. The molecule has 0 aliphatic carbocycles. The maximum absolute atomic E-state index is 11.3. The Morgan fingerprint density at radius 3 is 3.14 bits per heavy atom. The van der Waals surface area contributed by atoms with Crippen molar-refractivity contribution in [2.24, 2.45) is 10.9 Å². The highest BCUT2D eigenvalue weighted by Crippen LogP contribution is 2.24. The highest BCUT2D eigenvalue weighted by molar-refractivity contribution is 5.91. The normalized spacial score (nSPS) is 31.9. The number of amides is 1. The molecule has 0 saturated carbocycles. The Bertz CT molecular complexity index is 305. The van der Waals surface area contributed by atoms with Gasteiger partial charge in [-0.05, 0) is 12.8 Å². The van der Waals surface area contributed by atoms with E-state index in [4.69, 9.17) is 5.26 Å². The molecular weight excluding hydrogens is 178 g/mol. The van der Waals surface area contributed by atoms with E-state index in [1.54, 1.807) is 6.34 Å². The Balaban J connectivity index is 2.23. The van der Waals surface area contributed by atoms with Crippen LogP contribution in [0, 0.1) is 17.2 Å². The summed E-state index contributed by atoms with van der Waals surface area (Å²) >= 11 is 0. The first-order valence-electron chi connectivity index (χ1n) is 5.06. The van der Waals surface area contributed by atoms with Gasteiger partial charge in [-0.25, -0.2) is 4.99 Å². The lowest BCUT2D eigenvalue weighted by atomic mass is 9.94. The van der Waals surface area contributed by atoms with Crippen LogP contribution in [0.25, 0.3) is 0 Å². The van der Waals surface area contributed by atoms with Crippen molar-refractivity contribution in [1.29, 1.82) is 5.26 Å². The molecule has 4 heteroatoms. The molecule has 2 unspecified atom stereocenters. The van der Waals surface area contributed by atoms with Crippen LogP contribution in [0.4, 0.5) is 0 Å². The van der Waals surface area contributed by atoms with E-state index in [1.807, 2.05) is 0 Å². The molecule has 2 aliphatic heterocycles. The molecular formula is C10H13N3O. The van der Waals surface area contributed by atoms with Gasteiger partial charge in [0.25, 0.3) is 5.91 Å². The highest BCUT2D eigenvalue weighted by atomic mass is 16.1. The summed E-state index contributed by atoms with van der Waals surface area (Å²) in [6, 6.07) is 2.15. The number of aliphatic imine (C=N–C) groups is 1. The molecule has 2 rings (SSSR count). The maximum atomic E-state index is 11.3. The fourth-order valence-corrected chi connectivity index (χ4v) is 2.17. The van der Waals surface area contributed by atoms with E-state index in [2.05, 4.69) is 16.0 Å². The topological polar surface area (TPSA) is 56.5 Å². The summed E-state index contributed by atoms with van der Waals surface area (Å²) in [5.74, 6) is -0.811. The lowest BCUT2D eigenvalue weighted by Gasteiger charge is -2.32. The summed E-state index contributed by atoms with van der Waals surface area (Å²) in [7, 11) is 0. The smallest absolute Gasteiger partial charge is 0.266 e. The molecule has 1 fully saturated rings. The fraction of sp³-hybridized carbons (Fsp3) is 0.700. The molecule has 2 heterocycles. The van der Waals surface area contributed by atoms with Crippen molar-refractivity contribution in [3.63, 3.8) is 0 Å². The van der Waals surface area contributed by atoms with Gasteiger partial charge in [-0.1, -0.05) is 12.8 Å².